The quantitative estimate of drug-likeness (QED) is 0.529. The van der Waals surface area contributed by atoms with Crippen LogP contribution in [0.2, 0.25) is 0 Å². The van der Waals surface area contributed by atoms with Gasteiger partial charge in [-0.2, -0.15) is 0 Å². The van der Waals surface area contributed by atoms with Gasteiger partial charge in [0.15, 0.2) is 5.96 Å². The Kier molecular flexibility index (Phi) is 8.22. The van der Waals surface area contributed by atoms with Crippen molar-refractivity contribution >= 4 is 5.96 Å². The molecule has 0 radical (unpaired) electrons. The van der Waals surface area contributed by atoms with Crippen LogP contribution in [0, 0.1) is 18.7 Å². The van der Waals surface area contributed by atoms with Crippen LogP contribution in [0.4, 0.5) is 4.39 Å². The number of aliphatic imine (C=N–C) groups is 1. The van der Waals surface area contributed by atoms with Crippen molar-refractivity contribution in [3.8, 4) is 0 Å². The Morgan fingerprint density at radius 3 is 2.57 bits per heavy atom. The second kappa shape index (κ2) is 11.1. The van der Waals surface area contributed by atoms with E-state index >= 15 is 0 Å². The smallest absolute Gasteiger partial charge is 0.191 e. The maximum absolute atomic E-state index is 13.2. The van der Waals surface area contributed by atoms with Crippen molar-refractivity contribution in [2.24, 2.45) is 10.9 Å². The third-order valence-electron chi connectivity index (χ3n) is 5.59. The number of methoxy groups -OCH3 is 1. The molecule has 0 aliphatic carbocycles. The Labute approximate surface area is 178 Å². The Morgan fingerprint density at radius 1 is 1.17 bits per heavy atom. The summed E-state index contributed by atoms with van der Waals surface area (Å²) in [5.74, 6) is 0.833. The minimum absolute atomic E-state index is 0.0934. The van der Waals surface area contributed by atoms with Crippen molar-refractivity contribution in [3.05, 3.63) is 71.0 Å². The summed E-state index contributed by atoms with van der Waals surface area (Å²) in [7, 11) is 3.40. The molecule has 3 atom stereocenters. The van der Waals surface area contributed by atoms with Gasteiger partial charge in [0.25, 0.3) is 0 Å². The summed E-state index contributed by atoms with van der Waals surface area (Å²) in [5, 5.41) is 6.75. The van der Waals surface area contributed by atoms with Crippen LogP contribution in [-0.2, 0) is 9.47 Å². The van der Waals surface area contributed by atoms with Gasteiger partial charge in [-0.05, 0) is 43.0 Å². The molecule has 5 nitrogen and oxygen atoms in total. The molecule has 1 saturated heterocycles. The summed E-state index contributed by atoms with van der Waals surface area (Å²) in [5.41, 5.74) is 3.40. The monoisotopic (exact) mass is 413 g/mol. The average molecular weight is 414 g/mol. The van der Waals surface area contributed by atoms with Crippen LogP contribution in [0.3, 0.4) is 0 Å². The topological polar surface area (TPSA) is 54.9 Å². The van der Waals surface area contributed by atoms with Crippen LogP contribution in [0.1, 0.15) is 41.7 Å². The van der Waals surface area contributed by atoms with Gasteiger partial charge >= 0.3 is 0 Å². The van der Waals surface area contributed by atoms with Crippen molar-refractivity contribution in [1.82, 2.24) is 10.6 Å². The van der Waals surface area contributed by atoms with E-state index in [1.165, 1.54) is 23.3 Å². The number of nitrogens with zero attached hydrogens (tertiary/aromatic N) is 1. The SMILES string of the molecule is CN=C(NCC(OC)c1ccc(F)cc1)NCC1CCCOC1c1ccc(C)cc1. The summed E-state index contributed by atoms with van der Waals surface area (Å²) in [4.78, 5) is 4.33. The van der Waals surface area contributed by atoms with Crippen LogP contribution in [0.15, 0.2) is 53.5 Å². The predicted octanol–water partition coefficient (Wildman–Crippen LogP) is 4.15. The molecule has 1 aliphatic heterocycles. The molecule has 1 aliphatic rings. The summed E-state index contributed by atoms with van der Waals surface area (Å²) in [6, 6.07) is 15.0. The Balaban J connectivity index is 1.55. The molecule has 0 spiro atoms. The zero-order valence-electron chi connectivity index (χ0n) is 18.0. The summed E-state index contributed by atoms with van der Waals surface area (Å²) in [6.45, 7) is 4.20. The predicted molar refractivity (Wildman–Crippen MR) is 118 cm³/mol. The van der Waals surface area contributed by atoms with Crippen molar-refractivity contribution in [2.75, 3.05) is 33.9 Å². The van der Waals surface area contributed by atoms with E-state index in [4.69, 9.17) is 9.47 Å². The van der Waals surface area contributed by atoms with Gasteiger partial charge in [-0.15, -0.1) is 0 Å². The first-order valence-corrected chi connectivity index (χ1v) is 10.5. The number of benzene rings is 2. The molecule has 3 rings (SSSR count). The van der Waals surface area contributed by atoms with E-state index in [1.807, 2.05) is 0 Å². The van der Waals surface area contributed by atoms with Crippen molar-refractivity contribution in [2.45, 2.75) is 32.0 Å². The van der Waals surface area contributed by atoms with E-state index in [0.717, 1.165) is 31.6 Å². The molecule has 3 unspecified atom stereocenters. The van der Waals surface area contributed by atoms with E-state index in [0.29, 0.717) is 18.4 Å². The van der Waals surface area contributed by atoms with E-state index in [1.54, 1.807) is 26.3 Å². The van der Waals surface area contributed by atoms with Crippen molar-refractivity contribution < 1.29 is 13.9 Å². The van der Waals surface area contributed by atoms with Gasteiger partial charge in [0, 0.05) is 39.8 Å². The lowest BCUT2D eigenvalue weighted by Crippen LogP contribution is -2.43. The highest BCUT2D eigenvalue weighted by molar-refractivity contribution is 5.79. The number of guanidine groups is 1. The third kappa shape index (κ3) is 6.03. The molecule has 1 heterocycles. The first kappa shape index (κ1) is 22.2. The number of nitrogens with one attached hydrogen (secondary N) is 2. The lowest BCUT2D eigenvalue weighted by atomic mass is 9.89. The molecule has 2 aromatic carbocycles. The lowest BCUT2D eigenvalue weighted by molar-refractivity contribution is -0.0265. The fraction of sp³-hybridized carbons (Fsp3) is 0.458. The van der Waals surface area contributed by atoms with Gasteiger partial charge in [-0.25, -0.2) is 4.39 Å². The molecule has 0 bridgehead atoms. The molecular formula is C24H32FN3O2. The highest BCUT2D eigenvalue weighted by Crippen LogP contribution is 2.33. The first-order valence-electron chi connectivity index (χ1n) is 10.5. The van der Waals surface area contributed by atoms with Crippen LogP contribution in [0.25, 0.3) is 0 Å². The molecule has 162 valence electrons. The number of aryl methyl sites for hydroxylation is 1. The van der Waals surface area contributed by atoms with Crippen LogP contribution < -0.4 is 10.6 Å². The molecule has 2 aromatic rings. The summed E-state index contributed by atoms with van der Waals surface area (Å²) >= 11 is 0. The Morgan fingerprint density at radius 2 is 1.90 bits per heavy atom. The van der Waals surface area contributed by atoms with Crippen LogP contribution >= 0.6 is 0 Å². The highest BCUT2D eigenvalue weighted by atomic mass is 19.1. The van der Waals surface area contributed by atoms with Gasteiger partial charge < -0.3 is 20.1 Å². The van der Waals surface area contributed by atoms with Gasteiger partial charge in [-0.3, -0.25) is 4.99 Å². The second-order valence-electron chi connectivity index (χ2n) is 7.71. The maximum Gasteiger partial charge on any atom is 0.191 e. The average Bonchev–Trinajstić information content (AvgIpc) is 2.78. The van der Waals surface area contributed by atoms with E-state index in [9.17, 15) is 4.39 Å². The number of halogens is 1. The Bertz CT molecular complexity index is 808. The van der Waals surface area contributed by atoms with Gasteiger partial charge in [0.05, 0.1) is 12.2 Å². The minimum Gasteiger partial charge on any atom is -0.375 e. The first-order chi connectivity index (χ1) is 14.6. The van der Waals surface area contributed by atoms with Gasteiger partial charge in [-0.1, -0.05) is 42.0 Å². The largest absolute Gasteiger partial charge is 0.375 e. The zero-order chi connectivity index (χ0) is 21.3. The minimum atomic E-state index is -0.253. The van der Waals surface area contributed by atoms with Crippen LogP contribution in [-0.4, -0.2) is 39.8 Å². The van der Waals surface area contributed by atoms with Gasteiger partial charge in [0.2, 0.25) is 0 Å². The molecule has 2 N–H and O–H groups in total. The fourth-order valence-electron chi connectivity index (χ4n) is 3.83. The zero-order valence-corrected chi connectivity index (χ0v) is 18.0. The molecule has 0 amide bonds. The number of ether oxygens (including phenoxy) is 2. The number of hydrogen-bond donors (Lipinski definition) is 2. The molecule has 0 saturated carbocycles. The maximum atomic E-state index is 13.2. The highest BCUT2D eigenvalue weighted by Gasteiger charge is 2.27. The van der Waals surface area contributed by atoms with E-state index < -0.39 is 0 Å². The summed E-state index contributed by atoms with van der Waals surface area (Å²) in [6.07, 6.45) is 2.08. The number of hydrogen-bond acceptors (Lipinski definition) is 3. The van der Waals surface area contributed by atoms with Crippen molar-refractivity contribution in [1.29, 1.82) is 0 Å². The van der Waals surface area contributed by atoms with E-state index in [2.05, 4.69) is 46.8 Å². The van der Waals surface area contributed by atoms with E-state index in [-0.39, 0.29) is 18.0 Å². The standard InChI is InChI=1S/C24H32FN3O2/c1-17-6-8-19(9-7-17)23-20(5-4-14-30-23)15-27-24(26-2)28-16-22(29-3)18-10-12-21(25)13-11-18/h6-13,20,22-23H,4-5,14-16H2,1-3H3,(H2,26,27,28). The normalized spacial score (nSPS) is 20.6. The second-order valence-corrected chi connectivity index (χ2v) is 7.71. The van der Waals surface area contributed by atoms with Crippen LogP contribution in [0.5, 0.6) is 0 Å². The molecule has 6 heteroatoms. The fourth-order valence-corrected chi connectivity index (χ4v) is 3.83. The lowest BCUT2D eigenvalue weighted by Gasteiger charge is -2.32. The number of rotatable bonds is 7. The van der Waals surface area contributed by atoms with Crippen molar-refractivity contribution in [3.63, 3.8) is 0 Å². The Hall–Kier alpha value is -2.44. The summed E-state index contributed by atoms with van der Waals surface area (Å²) < 4.78 is 24.9. The molecule has 30 heavy (non-hydrogen) atoms. The molecule has 0 aromatic heterocycles. The molecular weight excluding hydrogens is 381 g/mol. The van der Waals surface area contributed by atoms with Gasteiger partial charge in [0.1, 0.15) is 5.82 Å². The third-order valence-corrected chi connectivity index (χ3v) is 5.59. The molecule has 1 fully saturated rings.